The van der Waals surface area contributed by atoms with Gasteiger partial charge in [-0.05, 0) is 36.6 Å². The van der Waals surface area contributed by atoms with E-state index in [1.165, 1.54) is 13.2 Å². The third-order valence-corrected chi connectivity index (χ3v) is 6.61. The van der Waals surface area contributed by atoms with Crippen LogP contribution in [0.4, 0.5) is 0 Å². The molecule has 0 amide bonds. The summed E-state index contributed by atoms with van der Waals surface area (Å²) in [7, 11) is -2.52. The SMILES string of the molecule is COc1ccc(CC(=O)C2CC2)cc1CS(=O)(=O)c1cc(Cl)cc(Cl)c1O. The number of rotatable bonds is 7. The fourth-order valence-corrected chi connectivity index (χ4v) is 4.98. The number of hydrogen-bond acceptors (Lipinski definition) is 5. The summed E-state index contributed by atoms with van der Waals surface area (Å²) >= 11 is 11.7. The Labute approximate surface area is 167 Å². The molecule has 8 heteroatoms. The van der Waals surface area contributed by atoms with Crippen molar-refractivity contribution in [2.24, 2.45) is 5.92 Å². The van der Waals surface area contributed by atoms with Gasteiger partial charge in [0.2, 0.25) is 0 Å². The van der Waals surface area contributed by atoms with E-state index in [9.17, 15) is 18.3 Å². The van der Waals surface area contributed by atoms with E-state index < -0.39 is 21.3 Å². The number of sulfone groups is 1. The van der Waals surface area contributed by atoms with Gasteiger partial charge in [0.15, 0.2) is 15.6 Å². The molecule has 1 fully saturated rings. The quantitative estimate of drug-likeness (QED) is 0.714. The predicted molar refractivity (Wildman–Crippen MR) is 103 cm³/mol. The normalized spacial score (nSPS) is 14.2. The van der Waals surface area contributed by atoms with Crippen molar-refractivity contribution in [1.82, 2.24) is 0 Å². The molecule has 1 aliphatic carbocycles. The molecule has 2 aromatic rings. The third kappa shape index (κ3) is 4.57. The maximum absolute atomic E-state index is 12.8. The largest absolute Gasteiger partial charge is 0.505 e. The number of carbonyl (C=O) groups excluding carboxylic acids is 1. The highest BCUT2D eigenvalue weighted by atomic mass is 35.5. The van der Waals surface area contributed by atoms with E-state index in [1.54, 1.807) is 18.2 Å². The highest BCUT2D eigenvalue weighted by molar-refractivity contribution is 7.90. The van der Waals surface area contributed by atoms with Gasteiger partial charge in [0, 0.05) is 22.9 Å². The fraction of sp³-hybridized carbons (Fsp3) is 0.316. The number of methoxy groups -OCH3 is 1. The molecule has 0 radical (unpaired) electrons. The number of phenolic OH excluding ortho intramolecular Hbond substituents is 1. The molecule has 0 aliphatic heterocycles. The molecular weight excluding hydrogens is 411 g/mol. The van der Waals surface area contributed by atoms with Gasteiger partial charge < -0.3 is 9.84 Å². The van der Waals surface area contributed by atoms with Crippen molar-refractivity contribution in [2.75, 3.05) is 7.11 Å². The minimum Gasteiger partial charge on any atom is -0.505 e. The Morgan fingerprint density at radius 1 is 1.22 bits per heavy atom. The van der Waals surface area contributed by atoms with Crippen LogP contribution in [0.25, 0.3) is 0 Å². The van der Waals surface area contributed by atoms with Gasteiger partial charge >= 0.3 is 0 Å². The molecule has 0 spiro atoms. The van der Waals surface area contributed by atoms with Crippen molar-refractivity contribution >= 4 is 38.8 Å². The van der Waals surface area contributed by atoms with Gasteiger partial charge in [-0.3, -0.25) is 4.79 Å². The number of phenols is 1. The van der Waals surface area contributed by atoms with E-state index in [-0.39, 0.29) is 33.1 Å². The van der Waals surface area contributed by atoms with Crippen molar-refractivity contribution < 1.29 is 23.1 Å². The number of aromatic hydroxyl groups is 1. The summed E-state index contributed by atoms with van der Waals surface area (Å²) in [6.45, 7) is 0. The number of hydrogen-bond donors (Lipinski definition) is 1. The maximum atomic E-state index is 12.8. The van der Waals surface area contributed by atoms with Gasteiger partial charge in [0.1, 0.15) is 16.4 Å². The van der Waals surface area contributed by atoms with Crippen molar-refractivity contribution in [3.63, 3.8) is 0 Å². The van der Waals surface area contributed by atoms with Crippen LogP contribution in [0.3, 0.4) is 0 Å². The second-order valence-electron chi connectivity index (χ2n) is 6.56. The molecule has 5 nitrogen and oxygen atoms in total. The van der Waals surface area contributed by atoms with Gasteiger partial charge in [-0.2, -0.15) is 0 Å². The van der Waals surface area contributed by atoms with Crippen molar-refractivity contribution in [2.45, 2.75) is 29.9 Å². The lowest BCUT2D eigenvalue weighted by Gasteiger charge is -2.13. The van der Waals surface area contributed by atoms with Crippen LogP contribution in [0.5, 0.6) is 11.5 Å². The molecule has 0 heterocycles. The first-order chi connectivity index (χ1) is 12.7. The zero-order valence-corrected chi connectivity index (χ0v) is 16.9. The van der Waals surface area contributed by atoms with Crippen molar-refractivity contribution in [1.29, 1.82) is 0 Å². The zero-order valence-electron chi connectivity index (χ0n) is 14.5. The van der Waals surface area contributed by atoms with Crippen LogP contribution in [-0.2, 0) is 26.8 Å². The van der Waals surface area contributed by atoms with E-state index in [2.05, 4.69) is 0 Å². The molecule has 1 saturated carbocycles. The minimum absolute atomic E-state index is 0.104. The fourth-order valence-electron chi connectivity index (χ4n) is 2.87. The molecule has 3 rings (SSSR count). The second-order valence-corrected chi connectivity index (χ2v) is 9.36. The van der Waals surface area contributed by atoms with Crippen LogP contribution >= 0.6 is 23.2 Å². The van der Waals surface area contributed by atoms with Crippen molar-refractivity contribution in [3.8, 4) is 11.5 Å². The maximum Gasteiger partial charge on any atom is 0.186 e. The van der Waals surface area contributed by atoms with Gasteiger partial charge in [-0.15, -0.1) is 0 Å². The highest BCUT2D eigenvalue weighted by Crippen LogP contribution is 2.37. The smallest absolute Gasteiger partial charge is 0.186 e. The highest BCUT2D eigenvalue weighted by Gasteiger charge is 2.29. The number of ether oxygens (including phenoxy) is 1. The number of Topliss-reactive ketones (excluding diaryl/α,β-unsaturated/α-hetero) is 1. The molecule has 2 aromatic carbocycles. The molecule has 0 aromatic heterocycles. The molecule has 0 bridgehead atoms. The average molecular weight is 429 g/mol. The second kappa shape index (κ2) is 7.70. The predicted octanol–water partition coefficient (Wildman–Crippen LogP) is 4.20. The molecule has 0 saturated heterocycles. The molecule has 27 heavy (non-hydrogen) atoms. The Kier molecular flexibility index (Phi) is 5.70. The first kappa shape index (κ1) is 20.0. The summed E-state index contributed by atoms with van der Waals surface area (Å²) < 4.78 is 31.0. The summed E-state index contributed by atoms with van der Waals surface area (Å²) in [5, 5.41) is 10.0. The molecular formula is C19H18Cl2O5S. The van der Waals surface area contributed by atoms with E-state index in [4.69, 9.17) is 27.9 Å². The van der Waals surface area contributed by atoms with Crippen LogP contribution in [0.15, 0.2) is 35.2 Å². The van der Waals surface area contributed by atoms with E-state index in [0.717, 1.165) is 24.5 Å². The molecule has 144 valence electrons. The summed E-state index contributed by atoms with van der Waals surface area (Å²) in [6.07, 6.45) is 2.10. The topological polar surface area (TPSA) is 80.7 Å². The molecule has 1 N–H and O–H groups in total. The lowest BCUT2D eigenvalue weighted by atomic mass is 10.0. The number of benzene rings is 2. The summed E-state index contributed by atoms with van der Waals surface area (Å²) in [5.41, 5.74) is 1.13. The van der Waals surface area contributed by atoms with Gasteiger partial charge in [0.05, 0.1) is 17.9 Å². The van der Waals surface area contributed by atoms with Gasteiger partial charge in [-0.25, -0.2) is 8.42 Å². The summed E-state index contributed by atoms with van der Waals surface area (Å²) in [6, 6.07) is 7.47. The third-order valence-electron chi connectivity index (χ3n) is 4.43. The monoisotopic (exact) mass is 428 g/mol. The average Bonchev–Trinajstić information content (AvgIpc) is 3.43. The number of carbonyl (C=O) groups is 1. The van der Waals surface area contributed by atoms with Crippen LogP contribution in [0.2, 0.25) is 10.0 Å². The number of ketones is 1. The Hall–Kier alpha value is -1.76. The number of halogens is 2. The standard InChI is InChI=1S/C19H18Cl2O5S/c1-26-17-5-2-11(7-16(22)12-3-4-12)6-13(17)10-27(24,25)18-9-14(20)8-15(21)19(18)23/h2,5-6,8-9,12,23H,3-4,7,10H2,1H3. The van der Waals surface area contributed by atoms with Gasteiger partial charge in [-0.1, -0.05) is 35.3 Å². The summed E-state index contributed by atoms with van der Waals surface area (Å²) in [4.78, 5) is 11.7. The Balaban J connectivity index is 1.94. The van der Waals surface area contributed by atoms with E-state index >= 15 is 0 Å². The van der Waals surface area contributed by atoms with Crippen LogP contribution < -0.4 is 4.74 Å². The molecule has 0 unspecified atom stereocenters. The Morgan fingerprint density at radius 2 is 1.93 bits per heavy atom. The first-order valence-electron chi connectivity index (χ1n) is 8.30. The van der Waals surface area contributed by atoms with Crippen molar-refractivity contribution in [3.05, 3.63) is 51.5 Å². The van der Waals surface area contributed by atoms with E-state index in [0.29, 0.717) is 11.3 Å². The molecule has 1 aliphatic rings. The Morgan fingerprint density at radius 3 is 2.56 bits per heavy atom. The molecule has 0 atom stereocenters. The lowest BCUT2D eigenvalue weighted by molar-refractivity contribution is -0.119. The first-order valence-corrected chi connectivity index (χ1v) is 10.7. The zero-order chi connectivity index (χ0) is 19.8. The van der Waals surface area contributed by atoms with Crippen LogP contribution in [-0.4, -0.2) is 26.4 Å². The van der Waals surface area contributed by atoms with E-state index in [1.807, 2.05) is 0 Å². The lowest BCUT2D eigenvalue weighted by Crippen LogP contribution is -2.09. The Bertz CT molecular complexity index is 997. The van der Waals surface area contributed by atoms with Gasteiger partial charge in [0.25, 0.3) is 0 Å². The van der Waals surface area contributed by atoms with Crippen LogP contribution in [0.1, 0.15) is 24.0 Å². The van der Waals surface area contributed by atoms with Crippen LogP contribution in [0, 0.1) is 5.92 Å². The summed E-state index contributed by atoms with van der Waals surface area (Å²) in [5.74, 6) is -0.293. The minimum atomic E-state index is -3.95.